The average molecular weight is 600 g/mol. The van der Waals surface area contributed by atoms with Gasteiger partial charge in [0, 0.05) is 41.6 Å². The quantitative estimate of drug-likeness (QED) is 0.313. The van der Waals surface area contributed by atoms with Crippen LogP contribution in [-0.2, 0) is 0 Å². The Hall–Kier alpha value is -3.24. The highest BCUT2D eigenvalue weighted by atomic mass is 79.9. The fourth-order valence-corrected chi connectivity index (χ4v) is 5.45. The van der Waals surface area contributed by atoms with Gasteiger partial charge < -0.3 is 19.0 Å². The molecule has 0 aliphatic carbocycles. The normalized spacial score (nSPS) is 13.8. The smallest absolute Gasteiger partial charge is 0.349 e. The molecule has 3 heterocycles. The molecule has 35 heavy (non-hydrogen) atoms. The van der Waals surface area contributed by atoms with Crippen LogP contribution in [0.5, 0.6) is 5.75 Å². The van der Waals surface area contributed by atoms with Gasteiger partial charge in [0.15, 0.2) is 11.4 Å². The number of hydrogen-bond donors (Lipinski definition) is 0. The summed E-state index contributed by atoms with van der Waals surface area (Å²) in [5.41, 5.74) is 1.39. The number of carbonyl (C=O) groups is 1. The zero-order valence-corrected chi connectivity index (χ0v) is 21.9. The lowest BCUT2D eigenvalue weighted by atomic mass is 10.1. The monoisotopic (exact) mass is 598 g/mol. The summed E-state index contributed by atoms with van der Waals surface area (Å²) in [6.45, 7) is 2.05. The molecule has 0 N–H and O–H groups in total. The van der Waals surface area contributed by atoms with E-state index in [1.807, 2.05) is 42.5 Å². The first-order valence-electron chi connectivity index (χ1n) is 10.9. The number of para-hydroxylation sites is 1. The number of anilines is 1. The van der Waals surface area contributed by atoms with Crippen LogP contribution in [-0.4, -0.2) is 54.3 Å². The van der Waals surface area contributed by atoms with E-state index in [0.29, 0.717) is 41.6 Å². The van der Waals surface area contributed by atoms with Crippen LogP contribution in [0.3, 0.4) is 0 Å². The fourth-order valence-electron chi connectivity index (χ4n) is 4.11. The molecule has 1 aliphatic rings. The van der Waals surface area contributed by atoms with Gasteiger partial charge in [-0.25, -0.2) is 4.79 Å². The molecule has 2 aromatic carbocycles. The van der Waals surface area contributed by atoms with E-state index < -0.39 is 5.63 Å². The van der Waals surface area contributed by atoms with Crippen molar-refractivity contribution in [2.24, 2.45) is 0 Å². The predicted molar refractivity (Wildman–Crippen MR) is 140 cm³/mol. The van der Waals surface area contributed by atoms with E-state index in [9.17, 15) is 9.59 Å². The Kier molecular flexibility index (Phi) is 6.57. The van der Waals surface area contributed by atoms with Gasteiger partial charge in [-0.2, -0.15) is 0 Å². The zero-order chi connectivity index (χ0) is 24.5. The third-order valence-electron chi connectivity index (χ3n) is 5.91. The number of hydrogen-bond acceptors (Lipinski definition) is 7. The van der Waals surface area contributed by atoms with Crippen LogP contribution in [0.4, 0.5) is 5.82 Å². The van der Waals surface area contributed by atoms with Crippen LogP contribution in [0, 0.1) is 0 Å². The zero-order valence-electron chi connectivity index (χ0n) is 18.7. The van der Waals surface area contributed by atoms with Gasteiger partial charge in [-0.15, -0.1) is 10.2 Å². The number of piperazine rings is 1. The summed E-state index contributed by atoms with van der Waals surface area (Å²) in [5, 5.41) is 9.43. The molecule has 0 unspecified atom stereocenters. The van der Waals surface area contributed by atoms with Crippen molar-refractivity contribution in [3.63, 3.8) is 0 Å². The number of ether oxygens (including phenoxy) is 1. The molecule has 0 atom stereocenters. The second-order valence-corrected chi connectivity index (χ2v) is 9.78. The molecule has 4 aromatic rings. The van der Waals surface area contributed by atoms with Gasteiger partial charge in [0.25, 0.3) is 5.91 Å². The third kappa shape index (κ3) is 4.68. The SMILES string of the molecule is COc1ccccc1-c1ccc(N2CCN(C(=O)c3cc4cc(Br)cc(Br)c4oc3=O)CC2)nn1. The molecule has 0 bridgehead atoms. The van der Waals surface area contributed by atoms with Gasteiger partial charge in [-0.3, -0.25) is 4.79 Å². The molecule has 0 radical (unpaired) electrons. The second-order valence-electron chi connectivity index (χ2n) is 8.01. The summed E-state index contributed by atoms with van der Waals surface area (Å²) < 4.78 is 12.3. The van der Waals surface area contributed by atoms with E-state index in [4.69, 9.17) is 9.15 Å². The van der Waals surface area contributed by atoms with Crippen LogP contribution < -0.4 is 15.3 Å². The molecule has 178 valence electrons. The van der Waals surface area contributed by atoms with Crippen LogP contribution >= 0.6 is 31.9 Å². The number of fused-ring (bicyclic) bond motifs is 1. The maximum atomic E-state index is 13.1. The number of benzene rings is 2. The van der Waals surface area contributed by atoms with Crippen molar-refractivity contribution in [2.75, 3.05) is 38.2 Å². The van der Waals surface area contributed by atoms with Crippen molar-refractivity contribution < 1.29 is 13.9 Å². The van der Waals surface area contributed by atoms with Crippen molar-refractivity contribution in [2.45, 2.75) is 0 Å². The first kappa shape index (κ1) is 23.5. The van der Waals surface area contributed by atoms with Crippen LogP contribution in [0.1, 0.15) is 10.4 Å². The molecule has 1 aliphatic heterocycles. The second kappa shape index (κ2) is 9.79. The molecule has 2 aromatic heterocycles. The lowest BCUT2D eigenvalue weighted by Gasteiger charge is -2.35. The third-order valence-corrected chi connectivity index (χ3v) is 6.95. The molecular formula is C25H20Br2N4O4. The van der Waals surface area contributed by atoms with Gasteiger partial charge in [0.1, 0.15) is 11.3 Å². The summed E-state index contributed by atoms with van der Waals surface area (Å²) in [7, 11) is 1.63. The molecule has 1 fully saturated rings. The Bertz CT molecular complexity index is 1470. The summed E-state index contributed by atoms with van der Waals surface area (Å²) in [4.78, 5) is 29.4. The Morgan fingerprint density at radius 3 is 2.49 bits per heavy atom. The van der Waals surface area contributed by atoms with Gasteiger partial charge in [0.05, 0.1) is 17.3 Å². The van der Waals surface area contributed by atoms with Gasteiger partial charge in [0.2, 0.25) is 0 Å². The summed E-state index contributed by atoms with van der Waals surface area (Å²) in [5.74, 6) is 1.13. The van der Waals surface area contributed by atoms with E-state index in [1.165, 1.54) is 0 Å². The molecule has 1 saturated heterocycles. The highest BCUT2D eigenvalue weighted by molar-refractivity contribution is 9.11. The van der Waals surface area contributed by atoms with Crippen molar-refractivity contribution in [1.82, 2.24) is 15.1 Å². The number of carbonyl (C=O) groups excluding carboxylic acids is 1. The number of amides is 1. The highest BCUT2D eigenvalue weighted by Crippen LogP contribution is 2.29. The Morgan fingerprint density at radius 1 is 1.00 bits per heavy atom. The van der Waals surface area contributed by atoms with E-state index in [-0.39, 0.29) is 11.5 Å². The maximum absolute atomic E-state index is 13.1. The lowest BCUT2D eigenvalue weighted by molar-refractivity contribution is 0.0742. The maximum Gasteiger partial charge on any atom is 0.349 e. The summed E-state index contributed by atoms with van der Waals surface area (Å²) in [6.07, 6.45) is 0. The van der Waals surface area contributed by atoms with Gasteiger partial charge >= 0.3 is 5.63 Å². The highest BCUT2D eigenvalue weighted by Gasteiger charge is 2.26. The fraction of sp³-hybridized carbons (Fsp3) is 0.200. The minimum Gasteiger partial charge on any atom is -0.496 e. The molecule has 8 nitrogen and oxygen atoms in total. The number of aromatic nitrogens is 2. The van der Waals surface area contributed by atoms with Crippen molar-refractivity contribution >= 4 is 54.6 Å². The van der Waals surface area contributed by atoms with Crippen LogP contribution in [0.15, 0.2) is 72.8 Å². The average Bonchev–Trinajstić information content (AvgIpc) is 2.88. The largest absolute Gasteiger partial charge is 0.496 e. The Labute approximate surface area is 217 Å². The van der Waals surface area contributed by atoms with E-state index in [1.54, 1.807) is 24.1 Å². The minimum atomic E-state index is -0.647. The first-order chi connectivity index (χ1) is 16.9. The summed E-state index contributed by atoms with van der Waals surface area (Å²) in [6, 6.07) is 16.7. The number of halogens is 2. The first-order valence-corrected chi connectivity index (χ1v) is 12.5. The molecule has 0 saturated carbocycles. The topological polar surface area (TPSA) is 88.8 Å². The Balaban J connectivity index is 1.29. The predicted octanol–water partition coefficient (Wildman–Crippen LogP) is 4.75. The molecular weight excluding hydrogens is 580 g/mol. The van der Waals surface area contributed by atoms with Crippen LogP contribution in [0.2, 0.25) is 0 Å². The van der Waals surface area contributed by atoms with Crippen molar-refractivity contribution in [1.29, 1.82) is 0 Å². The van der Waals surface area contributed by atoms with E-state index in [2.05, 4.69) is 47.0 Å². The number of nitrogens with zero attached hydrogens (tertiary/aromatic N) is 4. The number of rotatable bonds is 4. The molecule has 0 spiro atoms. The minimum absolute atomic E-state index is 0.0249. The van der Waals surface area contributed by atoms with Crippen molar-refractivity contribution in [3.05, 3.63) is 79.5 Å². The van der Waals surface area contributed by atoms with E-state index >= 15 is 0 Å². The molecule has 5 rings (SSSR count). The van der Waals surface area contributed by atoms with Crippen molar-refractivity contribution in [3.8, 4) is 17.0 Å². The lowest BCUT2D eigenvalue weighted by Crippen LogP contribution is -2.49. The van der Waals surface area contributed by atoms with Gasteiger partial charge in [-0.1, -0.05) is 28.1 Å². The molecule has 1 amide bonds. The standard InChI is InChI=1S/C25H20Br2N4O4/c1-34-21-5-3-2-4-17(21)20-6-7-22(29-28-20)30-8-10-31(11-9-30)24(32)18-13-15-12-16(26)14-19(27)23(15)35-25(18)33/h2-7,12-14H,8-11H2,1H3. The number of methoxy groups -OCH3 is 1. The van der Waals surface area contributed by atoms with E-state index in [0.717, 1.165) is 27.3 Å². The van der Waals surface area contributed by atoms with Gasteiger partial charge in [-0.05, 0) is 58.4 Å². The van der Waals surface area contributed by atoms with Crippen LogP contribution in [0.25, 0.3) is 22.2 Å². The summed E-state index contributed by atoms with van der Waals surface area (Å²) >= 11 is 6.82. The molecule has 10 heteroatoms. The Morgan fingerprint density at radius 2 is 1.77 bits per heavy atom.